The quantitative estimate of drug-likeness (QED) is 0.592. The summed E-state index contributed by atoms with van der Waals surface area (Å²) in [6.45, 7) is 3.35. The second-order valence-electron chi connectivity index (χ2n) is 6.65. The maximum atomic E-state index is 12.7. The van der Waals surface area contributed by atoms with Crippen LogP contribution in [0.3, 0.4) is 0 Å². The number of nitrogens with one attached hydrogen (secondary N) is 2. The minimum atomic E-state index is -0.212. The number of ether oxygens (including phenoxy) is 2. The van der Waals surface area contributed by atoms with Crippen LogP contribution in [-0.2, 0) is 11.2 Å². The van der Waals surface area contributed by atoms with Crippen molar-refractivity contribution in [3.05, 3.63) is 59.7 Å². The number of aliphatic imine (C=N–C) groups is 1. The monoisotopic (exact) mass is 381 g/mol. The SMILES string of the molecule is CCc1ccc(C(=O)NC(=NC[C@H]2CCCO2)Nc2ccccc2OC)cc1. The lowest BCUT2D eigenvalue weighted by Crippen LogP contribution is -2.36. The van der Waals surface area contributed by atoms with Crippen molar-refractivity contribution in [2.24, 2.45) is 4.99 Å². The van der Waals surface area contributed by atoms with Gasteiger partial charge in [0, 0.05) is 12.2 Å². The molecule has 1 aliphatic heterocycles. The van der Waals surface area contributed by atoms with E-state index < -0.39 is 0 Å². The average Bonchev–Trinajstić information content (AvgIpc) is 3.26. The van der Waals surface area contributed by atoms with Gasteiger partial charge in [-0.25, -0.2) is 4.99 Å². The summed E-state index contributed by atoms with van der Waals surface area (Å²) in [5.74, 6) is 0.842. The number of aryl methyl sites for hydroxylation is 1. The van der Waals surface area contributed by atoms with Gasteiger partial charge in [-0.1, -0.05) is 31.2 Å². The van der Waals surface area contributed by atoms with Crippen LogP contribution in [0, 0.1) is 0 Å². The molecule has 0 aliphatic carbocycles. The van der Waals surface area contributed by atoms with Gasteiger partial charge < -0.3 is 14.8 Å². The Bertz CT molecular complexity index is 812. The average molecular weight is 381 g/mol. The smallest absolute Gasteiger partial charge is 0.257 e. The van der Waals surface area contributed by atoms with Gasteiger partial charge in [0.05, 0.1) is 25.4 Å². The highest BCUT2D eigenvalue weighted by Gasteiger charge is 2.16. The Balaban J connectivity index is 1.76. The van der Waals surface area contributed by atoms with Crippen LogP contribution in [0.1, 0.15) is 35.7 Å². The Labute approximate surface area is 166 Å². The summed E-state index contributed by atoms with van der Waals surface area (Å²) in [7, 11) is 1.61. The molecule has 6 nitrogen and oxygen atoms in total. The van der Waals surface area contributed by atoms with E-state index in [0.29, 0.717) is 23.8 Å². The van der Waals surface area contributed by atoms with Crippen molar-refractivity contribution in [1.82, 2.24) is 5.32 Å². The van der Waals surface area contributed by atoms with Gasteiger partial charge in [-0.05, 0) is 49.1 Å². The van der Waals surface area contributed by atoms with Crippen molar-refractivity contribution in [1.29, 1.82) is 0 Å². The van der Waals surface area contributed by atoms with Crippen LogP contribution in [0.25, 0.3) is 0 Å². The van der Waals surface area contributed by atoms with Gasteiger partial charge in [-0.3, -0.25) is 10.1 Å². The lowest BCUT2D eigenvalue weighted by atomic mass is 10.1. The molecule has 2 aromatic rings. The molecule has 0 unspecified atom stereocenters. The Morgan fingerprint density at radius 2 is 2.00 bits per heavy atom. The van der Waals surface area contributed by atoms with E-state index in [-0.39, 0.29) is 12.0 Å². The number of methoxy groups -OCH3 is 1. The number of carbonyl (C=O) groups is 1. The van der Waals surface area contributed by atoms with E-state index >= 15 is 0 Å². The van der Waals surface area contributed by atoms with Crippen LogP contribution in [0.2, 0.25) is 0 Å². The highest BCUT2D eigenvalue weighted by atomic mass is 16.5. The van der Waals surface area contributed by atoms with Crippen molar-refractivity contribution in [3.8, 4) is 5.75 Å². The van der Waals surface area contributed by atoms with E-state index in [4.69, 9.17) is 9.47 Å². The van der Waals surface area contributed by atoms with Crippen molar-refractivity contribution in [3.63, 3.8) is 0 Å². The molecule has 1 atom stereocenters. The van der Waals surface area contributed by atoms with Gasteiger partial charge in [0.1, 0.15) is 5.75 Å². The standard InChI is InChI=1S/C22H27N3O3/c1-3-16-10-12-17(13-11-16)21(26)25-22(23-15-18-7-6-14-28-18)24-19-8-4-5-9-20(19)27-2/h4-5,8-13,18H,3,6-7,14-15H2,1-2H3,(H2,23,24,25,26)/t18-/m1/s1. The number of nitrogens with zero attached hydrogens (tertiary/aromatic N) is 1. The number of rotatable bonds is 6. The number of hydrogen-bond donors (Lipinski definition) is 2. The summed E-state index contributed by atoms with van der Waals surface area (Å²) < 4.78 is 11.0. The van der Waals surface area contributed by atoms with Gasteiger partial charge >= 0.3 is 0 Å². The molecule has 1 aliphatic rings. The van der Waals surface area contributed by atoms with Crippen molar-refractivity contribution in [2.75, 3.05) is 25.6 Å². The van der Waals surface area contributed by atoms with Gasteiger partial charge in [0.15, 0.2) is 0 Å². The first-order valence-corrected chi connectivity index (χ1v) is 9.66. The second-order valence-corrected chi connectivity index (χ2v) is 6.65. The molecule has 0 aromatic heterocycles. The van der Waals surface area contributed by atoms with Crippen LogP contribution in [0.15, 0.2) is 53.5 Å². The molecule has 2 aromatic carbocycles. The highest BCUT2D eigenvalue weighted by Crippen LogP contribution is 2.23. The minimum Gasteiger partial charge on any atom is -0.495 e. The number of para-hydroxylation sites is 2. The van der Waals surface area contributed by atoms with Crippen LogP contribution in [-0.4, -0.2) is 38.2 Å². The first-order valence-electron chi connectivity index (χ1n) is 9.66. The van der Waals surface area contributed by atoms with E-state index in [9.17, 15) is 4.79 Å². The first-order chi connectivity index (χ1) is 13.7. The lowest BCUT2D eigenvalue weighted by molar-refractivity contribution is 0.0975. The van der Waals surface area contributed by atoms with Crippen LogP contribution in [0.5, 0.6) is 5.75 Å². The minimum absolute atomic E-state index is 0.0928. The maximum absolute atomic E-state index is 12.7. The topological polar surface area (TPSA) is 72.0 Å². The van der Waals surface area contributed by atoms with E-state index in [0.717, 1.165) is 31.6 Å². The number of amides is 1. The summed E-state index contributed by atoms with van der Waals surface area (Å²) in [5.41, 5.74) is 2.51. The number of hydrogen-bond acceptors (Lipinski definition) is 4. The fourth-order valence-electron chi connectivity index (χ4n) is 3.04. The zero-order valence-electron chi connectivity index (χ0n) is 16.4. The third-order valence-corrected chi connectivity index (χ3v) is 4.69. The molecule has 148 valence electrons. The summed E-state index contributed by atoms with van der Waals surface area (Å²) in [6.07, 6.45) is 3.06. The van der Waals surface area contributed by atoms with Gasteiger partial charge in [0.25, 0.3) is 5.91 Å². The van der Waals surface area contributed by atoms with Crippen molar-refractivity contribution >= 4 is 17.6 Å². The molecule has 0 bridgehead atoms. The van der Waals surface area contributed by atoms with Crippen LogP contribution in [0.4, 0.5) is 5.69 Å². The predicted molar refractivity (Wildman–Crippen MR) is 111 cm³/mol. The molecule has 1 fully saturated rings. The van der Waals surface area contributed by atoms with Gasteiger partial charge in [0.2, 0.25) is 5.96 Å². The van der Waals surface area contributed by atoms with Gasteiger partial charge in [-0.2, -0.15) is 0 Å². The molecule has 1 heterocycles. The number of guanidine groups is 1. The Morgan fingerprint density at radius 1 is 1.21 bits per heavy atom. The third-order valence-electron chi connectivity index (χ3n) is 4.69. The largest absolute Gasteiger partial charge is 0.495 e. The van der Waals surface area contributed by atoms with Crippen molar-refractivity contribution in [2.45, 2.75) is 32.3 Å². The third kappa shape index (κ3) is 5.33. The molecule has 0 saturated carbocycles. The first kappa shape index (κ1) is 19.9. The van der Waals surface area contributed by atoms with E-state index in [1.165, 1.54) is 5.56 Å². The molecule has 2 N–H and O–H groups in total. The maximum Gasteiger partial charge on any atom is 0.257 e. The normalized spacial score (nSPS) is 16.6. The molecule has 1 saturated heterocycles. The fourth-order valence-corrected chi connectivity index (χ4v) is 3.04. The highest BCUT2D eigenvalue weighted by molar-refractivity contribution is 6.10. The zero-order chi connectivity index (χ0) is 19.8. The molecule has 0 radical (unpaired) electrons. The number of anilines is 1. The number of benzene rings is 2. The predicted octanol–water partition coefficient (Wildman–Crippen LogP) is 3.63. The molecular formula is C22H27N3O3. The Hall–Kier alpha value is -2.86. The molecule has 0 spiro atoms. The van der Waals surface area contributed by atoms with E-state index in [2.05, 4.69) is 22.5 Å². The summed E-state index contributed by atoms with van der Waals surface area (Å²) in [5, 5.41) is 6.07. The van der Waals surface area contributed by atoms with Gasteiger partial charge in [-0.15, -0.1) is 0 Å². The zero-order valence-corrected chi connectivity index (χ0v) is 16.4. The molecular weight excluding hydrogens is 354 g/mol. The Morgan fingerprint density at radius 3 is 2.68 bits per heavy atom. The lowest BCUT2D eigenvalue weighted by Gasteiger charge is -2.15. The summed E-state index contributed by atoms with van der Waals surface area (Å²) in [4.78, 5) is 17.3. The molecule has 28 heavy (non-hydrogen) atoms. The molecule has 6 heteroatoms. The van der Waals surface area contributed by atoms with E-state index in [1.807, 2.05) is 48.5 Å². The molecule has 1 amide bonds. The second kappa shape index (κ2) is 9.90. The summed E-state index contributed by atoms with van der Waals surface area (Å²) in [6, 6.07) is 15.1. The van der Waals surface area contributed by atoms with Crippen LogP contribution < -0.4 is 15.4 Å². The fraction of sp³-hybridized carbons (Fsp3) is 0.364. The number of carbonyl (C=O) groups excluding carboxylic acids is 1. The Kier molecular flexibility index (Phi) is 7.03. The van der Waals surface area contributed by atoms with Crippen LogP contribution >= 0.6 is 0 Å². The molecule has 3 rings (SSSR count). The summed E-state index contributed by atoms with van der Waals surface area (Å²) >= 11 is 0. The van der Waals surface area contributed by atoms with E-state index in [1.54, 1.807) is 7.11 Å². The van der Waals surface area contributed by atoms with Crippen molar-refractivity contribution < 1.29 is 14.3 Å².